The fraction of sp³-hybridized carbons (Fsp3) is 0.824. The Labute approximate surface area is 149 Å². The molecule has 0 aromatic heterocycles. The zero-order valence-corrected chi connectivity index (χ0v) is 15.2. The molecule has 0 saturated carbocycles. The molecular formula is C17H32N4O4. The number of nitrogens with two attached hydrogens (primary N) is 1. The summed E-state index contributed by atoms with van der Waals surface area (Å²) in [4.78, 5) is 36.3. The molecule has 0 aliphatic carbocycles. The zero-order valence-electron chi connectivity index (χ0n) is 15.2. The first-order chi connectivity index (χ1) is 11.9. The lowest BCUT2D eigenvalue weighted by molar-refractivity contribution is -0.143. The number of hydrogen-bond donors (Lipinski definition) is 5. The van der Waals surface area contributed by atoms with Crippen LogP contribution in [0.2, 0.25) is 0 Å². The maximum atomic E-state index is 12.6. The Morgan fingerprint density at radius 1 is 1.28 bits per heavy atom. The minimum absolute atomic E-state index is 0.196. The Bertz CT molecular complexity index is 452. The van der Waals surface area contributed by atoms with Crippen LogP contribution in [0.25, 0.3) is 0 Å². The van der Waals surface area contributed by atoms with Gasteiger partial charge in [0, 0.05) is 0 Å². The number of unbranched alkanes of at least 4 members (excludes halogenated alkanes) is 1. The van der Waals surface area contributed by atoms with Crippen molar-refractivity contribution in [3.05, 3.63) is 0 Å². The van der Waals surface area contributed by atoms with Crippen LogP contribution >= 0.6 is 0 Å². The number of amides is 2. The third-order valence-corrected chi connectivity index (χ3v) is 4.73. The third kappa shape index (κ3) is 6.99. The molecule has 0 unspecified atom stereocenters. The lowest BCUT2D eigenvalue weighted by Crippen LogP contribution is -2.55. The van der Waals surface area contributed by atoms with Crippen LogP contribution in [0, 0.1) is 5.92 Å². The highest BCUT2D eigenvalue weighted by Gasteiger charge is 2.31. The summed E-state index contributed by atoms with van der Waals surface area (Å²) in [5.74, 6) is -1.91. The average Bonchev–Trinajstić information content (AvgIpc) is 3.12. The van der Waals surface area contributed by atoms with Gasteiger partial charge in [0.25, 0.3) is 0 Å². The number of carboxylic acids is 1. The Hall–Kier alpha value is -1.67. The van der Waals surface area contributed by atoms with E-state index in [-0.39, 0.29) is 17.9 Å². The first-order valence-electron chi connectivity index (χ1n) is 9.17. The molecule has 25 heavy (non-hydrogen) atoms. The normalized spacial score (nSPS) is 20.5. The van der Waals surface area contributed by atoms with E-state index in [4.69, 9.17) is 5.73 Å². The molecule has 0 radical (unpaired) electrons. The molecule has 1 saturated heterocycles. The summed E-state index contributed by atoms with van der Waals surface area (Å²) in [6.45, 7) is 4.96. The molecular weight excluding hydrogens is 324 g/mol. The monoisotopic (exact) mass is 356 g/mol. The van der Waals surface area contributed by atoms with Crippen molar-refractivity contribution in [2.75, 3.05) is 13.1 Å². The van der Waals surface area contributed by atoms with Gasteiger partial charge >= 0.3 is 5.97 Å². The highest BCUT2D eigenvalue weighted by molar-refractivity contribution is 5.91. The molecule has 2 amide bonds. The van der Waals surface area contributed by atoms with Crippen molar-refractivity contribution in [1.82, 2.24) is 16.0 Å². The van der Waals surface area contributed by atoms with E-state index < -0.39 is 24.0 Å². The van der Waals surface area contributed by atoms with Crippen LogP contribution in [-0.2, 0) is 14.4 Å². The van der Waals surface area contributed by atoms with Crippen molar-refractivity contribution < 1.29 is 19.5 Å². The van der Waals surface area contributed by atoms with E-state index in [1.807, 2.05) is 6.92 Å². The van der Waals surface area contributed by atoms with Gasteiger partial charge in [-0.25, -0.2) is 4.79 Å². The topological polar surface area (TPSA) is 134 Å². The highest BCUT2D eigenvalue weighted by atomic mass is 16.4. The second-order valence-corrected chi connectivity index (χ2v) is 6.70. The summed E-state index contributed by atoms with van der Waals surface area (Å²) < 4.78 is 0. The minimum atomic E-state index is -1.06. The van der Waals surface area contributed by atoms with Gasteiger partial charge in [-0.05, 0) is 51.1 Å². The molecule has 144 valence electrons. The van der Waals surface area contributed by atoms with Crippen molar-refractivity contribution in [3.8, 4) is 0 Å². The largest absolute Gasteiger partial charge is 0.480 e. The number of aliphatic carboxylic acids is 1. The zero-order chi connectivity index (χ0) is 18.8. The molecule has 0 aromatic rings. The molecule has 8 heteroatoms. The molecule has 8 nitrogen and oxygen atoms in total. The summed E-state index contributed by atoms with van der Waals surface area (Å²) >= 11 is 0. The lowest BCUT2D eigenvalue weighted by atomic mass is 9.98. The fourth-order valence-electron chi connectivity index (χ4n) is 2.88. The van der Waals surface area contributed by atoms with Gasteiger partial charge in [0.15, 0.2) is 0 Å². The summed E-state index contributed by atoms with van der Waals surface area (Å²) in [6, 6.07) is -1.99. The minimum Gasteiger partial charge on any atom is -0.480 e. The highest BCUT2D eigenvalue weighted by Crippen LogP contribution is 2.11. The average molecular weight is 356 g/mol. The van der Waals surface area contributed by atoms with E-state index >= 15 is 0 Å². The van der Waals surface area contributed by atoms with Crippen molar-refractivity contribution >= 4 is 17.8 Å². The maximum absolute atomic E-state index is 12.6. The van der Waals surface area contributed by atoms with Gasteiger partial charge in [0.1, 0.15) is 12.1 Å². The molecule has 1 rings (SSSR count). The second kappa shape index (κ2) is 11.0. The van der Waals surface area contributed by atoms with Crippen LogP contribution < -0.4 is 21.7 Å². The SMILES string of the molecule is CC[C@H](C)[C@H](NC(=O)[C@H](CCCCN)NC(=O)[C@@H]1CCCN1)C(=O)O. The van der Waals surface area contributed by atoms with Crippen LogP contribution in [0.1, 0.15) is 52.4 Å². The van der Waals surface area contributed by atoms with Gasteiger partial charge in [-0.15, -0.1) is 0 Å². The van der Waals surface area contributed by atoms with E-state index in [0.717, 1.165) is 25.8 Å². The van der Waals surface area contributed by atoms with Crippen LogP contribution in [0.4, 0.5) is 0 Å². The maximum Gasteiger partial charge on any atom is 0.326 e. The number of rotatable bonds is 11. The van der Waals surface area contributed by atoms with E-state index in [1.54, 1.807) is 6.92 Å². The van der Waals surface area contributed by atoms with Gasteiger partial charge < -0.3 is 26.8 Å². The lowest BCUT2D eigenvalue weighted by Gasteiger charge is -2.25. The van der Waals surface area contributed by atoms with Crippen LogP contribution in [0.3, 0.4) is 0 Å². The van der Waals surface area contributed by atoms with Crippen molar-refractivity contribution in [1.29, 1.82) is 0 Å². The van der Waals surface area contributed by atoms with Crippen LogP contribution in [0.15, 0.2) is 0 Å². The number of hydrogen-bond acceptors (Lipinski definition) is 5. The van der Waals surface area contributed by atoms with Crippen molar-refractivity contribution in [2.45, 2.75) is 70.5 Å². The summed E-state index contributed by atoms with van der Waals surface area (Å²) in [6.07, 6.45) is 4.18. The second-order valence-electron chi connectivity index (χ2n) is 6.70. The molecule has 6 N–H and O–H groups in total. The predicted molar refractivity (Wildman–Crippen MR) is 94.9 cm³/mol. The number of carbonyl (C=O) groups excluding carboxylic acids is 2. The van der Waals surface area contributed by atoms with Gasteiger partial charge in [0.2, 0.25) is 11.8 Å². The molecule has 1 aliphatic rings. The van der Waals surface area contributed by atoms with E-state index in [0.29, 0.717) is 25.8 Å². The molecule has 0 bridgehead atoms. The van der Waals surface area contributed by atoms with E-state index in [2.05, 4.69) is 16.0 Å². The smallest absolute Gasteiger partial charge is 0.326 e. The predicted octanol–water partition coefficient (Wildman–Crippen LogP) is -0.0323. The molecule has 0 aromatic carbocycles. The first kappa shape index (κ1) is 21.4. The first-order valence-corrected chi connectivity index (χ1v) is 9.17. The Balaban J connectivity index is 2.72. The van der Waals surface area contributed by atoms with Crippen molar-refractivity contribution in [3.63, 3.8) is 0 Å². The molecule has 0 spiro atoms. The Morgan fingerprint density at radius 2 is 2.00 bits per heavy atom. The van der Waals surface area contributed by atoms with Crippen molar-refractivity contribution in [2.24, 2.45) is 11.7 Å². The summed E-state index contributed by atoms with van der Waals surface area (Å²) in [5, 5.41) is 17.8. The fourth-order valence-corrected chi connectivity index (χ4v) is 2.88. The Morgan fingerprint density at radius 3 is 2.52 bits per heavy atom. The number of nitrogens with one attached hydrogen (secondary N) is 3. The molecule has 1 aliphatic heterocycles. The molecule has 1 fully saturated rings. The summed E-state index contributed by atoms with van der Waals surface area (Å²) in [5.41, 5.74) is 5.49. The third-order valence-electron chi connectivity index (χ3n) is 4.73. The quantitative estimate of drug-likeness (QED) is 0.330. The Kier molecular flexibility index (Phi) is 9.44. The van der Waals surface area contributed by atoms with Gasteiger partial charge in [0.05, 0.1) is 6.04 Å². The van der Waals surface area contributed by atoms with Gasteiger partial charge in [-0.2, -0.15) is 0 Å². The summed E-state index contributed by atoms with van der Waals surface area (Å²) in [7, 11) is 0. The van der Waals surface area contributed by atoms with Gasteiger partial charge in [-0.1, -0.05) is 20.3 Å². The van der Waals surface area contributed by atoms with E-state index in [1.165, 1.54) is 0 Å². The molecule has 4 atom stereocenters. The number of carboxylic acid groups (broad SMARTS) is 1. The molecule has 1 heterocycles. The number of carbonyl (C=O) groups is 3. The van der Waals surface area contributed by atoms with Crippen LogP contribution in [-0.4, -0.2) is 54.1 Å². The van der Waals surface area contributed by atoms with E-state index in [9.17, 15) is 19.5 Å². The van der Waals surface area contributed by atoms with Gasteiger partial charge in [-0.3, -0.25) is 9.59 Å². The van der Waals surface area contributed by atoms with Crippen LogP contribution in [0.5, 0.6) is 0 Å². The standard InChI is InChI=1S/C17H32N4O4/c1-3-11(2)14(17(24)25)21-16(23)13(7-4-5-9-18)20-15(22)12-8-6-10-19-12/h11-14,19H,3-10,18H2,1-2H3,(H,20,22)(H,21,23)(H,24,25)/t11-,12-,13-,14-/m0/s1.